The van der Waals surface area contributed by atoms with Gasteiger partial charge in [0.25, 0.3) is 0 Å². The second kappa shape index (κ2) is 9.54. The van der Waals surface area contributed by atoms with Gasteiger partial charge in [-0.25, -0.2) is 0 Å². The molecule has 0 aromatic carbocycles. The van der Waals surface area contributed by atoms with Gasteiger partial charge in [0.05, 0.1) is 26.4 Å². The van der Waals surface area contributed by atoms with E-state index < -0.39 is 0 Å². The highest BCUT2D eigenvalue weighted by atomic mass is 16.5. The van der Waals surface area contributed by atoms with Crippen molar-refractivity contribution in [2.45, 2.75) is 46.5 Å². The van der Waals surface area contributed by atoms with Gasteiger partial charge in [-0.2, -0.15) is 0 Å². The highest BCUT2D eigenvalue weighted by Gasteiger charge is 2.34. The van der Waals surface area contributed by atoms with Crippen LogP contribution in [0.2, 0.25) is 0 Å². The third-order valence-electron chi connectivity index (χ3n) is 4.40. The lowest BCUT2D eigenvalue weighted by molar-refractivity contribution is -0.127. The summed E-state index contributed by atoms with van der Waals surface area (Å²) in [7, 11) is 1.66. The first kappa shape index (κ1) is 18.6. The Bertz CT molecular complexity index is 296. The van der Waals surface area contributed by atoms with Gasteiger partial charge in [0.15, 0.2) is 0 Å². The molecule has 4 heteroatoms. The highest BCUT2D eigenvalue weighted by Crippen LogP contribution is 2.39. The summed E-state index contributed by atoms with van der Waals surface area (Å²) < 4.78 is 15.8. The molecule has 0 aliphatic heterocycles. The molecule has 1 rings (SSSR count). The predicted molar refractivity (Wildman–Crippen MR) is 83.4 cm³/mol. The lowest BCUT2D eigenvalue weighted by Gasteiger charge is -2.37. The van der Waals surface area contributed by atoms with Crippen LogP contribution in [0.5, 0.6) is 0 Å². The summed E-state index contributed by atoms with van der Waals surface area (Å²) in [5.74, 6) is 1.27. The summed E-state index contributed by atoms with van der Waals surface area (Å²) in [6.45, 7) is 9.88. The van der Waals surface area contributed by atoms with Gasteiger partial charge < -0.3 is 14.2 Å². The van der Waals surface area contributed by atoms with Crippen LogP contribution in [0.25, 0.3) is 0 Å². The van der Waals surface area contributed by atoms with Crippen molar-refractivity contribution in [3.8, 4) is 0 Å². The van der Waals surface area contributed by atoms with E-state index in [0.717, 1.165) is 25.7 Å². The summed E-state index contributed by atoms with van der Waals surface area (Å²) in [4.78, 5) is 12.0. The van der Waals surface area contributed by atoms with E-state index in [2.05, 4.69) is 20.8 Å². The number of ketones is 1. The van der Waals surface area contributed by atoms with Crippen LogP contribution in [0.1, 0.15) is 46.5 Å². The fourth-order valence-corrected chi connectivity index (χ4v) is 2.87. The molecule has 21 heavy (non-hydrogen) atoms. The van der Waals surface area contributed by atoms with Crippen LogP contribution in [0.3, 0.4) is 0 Å². The Balaban J connectivity index is 2.14. The molecular formula is C17H32O4. The van der Waals surface area contributed by atoms with Crippen LogP contribution in [-0.4, -0.2) is 45.9 Å². The smallest absolute Gasteiger partial charge is 0.136 e. The van der Waals surface area contributed by atoms with Crippen molar-refractivity contribution in [1.82, 2.24) is 0 Å². The molecule has 124 valence electrons. The van der Waals surface area contributed by atoms with Crippen molar-refractivity contribution in [3.63, 3.8) is 0 Å². The summed E-state index contributed by atoms with van der Waals surface area (Å²) in [6.07, 6.45) is 3.67. The summed E-state index contributed by atoms with van der Waals surface area (Å²) in [5.41, 5.74) is 0.301. The molecule has 1 saturated carbocycles. The lowest BCUT2D eigenvalue weighted by atomic mass is 9.68. The van der Waals surface area contributed by atoms with Crippen molar-refractivity contribution in [1.29, 1.82) is 0 Å². The molecule has 1 aliphatic rings. The second-order valence-electron chi connectivity index (χ2n) is 7.01. The minimum atomic E-state index is 0.192. The minimum Gasteiger partial charge on any atom is -0.382 e. The molecule has 0 aromatic heterocycles. The Morgan fingerprint density at radius 1 is 1.05 bits per heavy atom. The second-order valence-corrected chi connectivity index (χ2v) is 7.01. The molecule has 0 spiro atoms. The van der Waals surface area contributed by atoms with Gasteiger partial charge in [-0.3, -0.25) is 4.79 Å². The Hall–Kier alpha value is -0.450. The normalized spacial score (nSPS) is 23.5. The predicted octanol–water partition coefficient (Wildman–Crippen LogP) is 3.09. The zero-order valence-corrected chi connectivity index (χ0v) is 14.2. The van der Waals surface area contributed by atoms with E-state index in [1.165, 1.54) is 0 Å². The SMILES string of the molecule is COCCOCCOCCC1CC(C(C)(C)C)CCC1=O. The van der Waals surface area contributed by atoms with E-state index in [-0.39, 0.29) is 5.92 Å². The van der Waals surface area contributed by atoms with E-state index in [9.17, 15) is 4.79 Å². The van der Waals surface area contributed by atoms with E-state index in [4.69, 9.17) is 14.2 Å². The number of rotatable bonds is 9. The standard InChI is InChI=1S/C17H32O4/c1-17(2,3)15-5-6-16(18)14(13-15)7-8-20-11-12-21-10-9-19-4/h14-15H,5-13H2,1-4H3. The minimum absolute atomic E-state index is 0.192. The van der Waals surface area contributed by atoms with Crippen molar-refractivity contribution < 1.29 is 19.0 Å². The fraction of sp³-hybridized carbons (Fsp3) is 0.941. The van der Waals surface area contributed by atoms with Crippen LogP contribution in [0.4, 0.5) is 0 Å². The quantitative estimate of drug-likeness (QED) is 0.614. The molecular weight excluding hydrogens is 268 g/mol. The molecule has 2 atom stereocenters. The number of carbonyl (C=O) groups excluding carboxylic acids is 1. The molecule has 0 aromatic rings. The Labute approximate surface area is 129 Å². The van der Waals surface area contributed by atoms with Crippen LogP contribution in [0.15, 0.2) is 0 Å². The molecule has 4 nitrogen and oxygen atoms in total. The zero-order valence-electron chi connectivity index (χ0n) is 14.2. The molecule has 0 amide bonds. The van der Waals surface area contributed by atoms with Gasteiger partial charge >= 0.3 is 0 Å². The molecule has 0 heterocycles. The average molecular weight is 300 g/mol. The van der Waals surface area contributed by atoms with E-state index in [1.807, 2.05) is 0 Å². The van der Waals surface area contributed by atoms with Gasteiger partial charge in [-0.15, -0.1) is 0 Å². The van der Waals surface area contributed by atoms with Crippen molar-refractivity contribution in [2.75, 3.05) is 40.1 Å². The molecule has 0 N–H and O–H groups in total. The third-order valence-corrected chi connectivity index (χ3v) is 4.40. The topological polar surface area (TPSA) is 44.8 Å². The number of ether oxygens (including phenoxy) is 3. The first-order valence-corrected chi connectivity index (χ1v) is 8.12. The first-order chi connectivity index (χ1) is 9.95. The molecule has 0 radical (unpaired) electrons. The molecule has 2 unspecified atom stereocenters. The first-order valence-electron chi connectivity index (χ1n) is 8.12. The fourth-order valence-electron chi connectivity index (χ4n) is 2.87. The van der Waals surface area contributed by atoms with Gasteiger partial charge in [0.2, 0.25) is 0 Å². The summed E-state index contributed by atoms with van der Waals surface area (Å²) in [6, 6.07) is 0. The lowest BCUT2D eigenvalue weighted by Crippen LogP contribution is -2.32. The van der Waals surface area contributed by atoms with E-state index in [1.54, 1.807) is 7.11 Å². The van der Waals surface area contributed by atoms with Crippen molar-refractivity contribution >= 4 is 5.78 Å². The highest BCUT2D eigenvalue weighted by molar-refractivity contribution is 5.81. The van der Waals surface area contributed by atoms with E-state index >= 15 is 0 Å². The van der Waals surface area contributed by atoms with Crippen LogP contribution in [-0.2, 0) is 19.0 Å². The monoisotopic (exact) mass is 300 g/mol. The number of hydrogen-bond donors (Lipinski definition) is 0. The van der Waals surface area contributed by atoms with Gasteiger partial charge in [0.1, 0.15) is 5.78 Å². The maximum atomic E-state index is 12.0. The summed E-state index contributed by atoms with van der Waals surface area (Å²) >= 11 is 0. The Kier molecular flexibility index (Phi) is 8.45. The van der Waals surface area contributed by atoms with Crippen molar-refractivity contribution in [3.05, 3.63) is 0 Å². The Morgan fingerprint density at radius 2 is 1.67 bits per heavy atom. The number of hydrogen-bond acceptors (Lipinski definition) is 4. The van der Waals surface area contributed by atoms with Crippen LogP contribution >= 0.6 is 0 Å². The number of Topliss-reactive ketones (excluding diaryl/α,β-unsaturated/α-hetero) is 1. The van der Waals surface area contributed by atoms with Gasteiger partial charge in [-0.1, -0.05) is 20.8 Å². The summed E-state index contributed by atoms with van der Waals surface area (Å²) in [5, 5.41) is 0. The number of methoxy groups -OCH3 is 1. The van der Waals surface area contributed by atoms with Gasteiger partial charge in [-0.05, 0) is 30.6 Å². The van der Waals surface area contributed by atoms with Crippen LogP contribution < -0.4 is 0 Å². The maximum Gasteiger partial charge on any atom is 0.136 e. The average Bonchev–Trinajstić information content (AvgIpc) is 2.42. The van der Waals surface area contributed by atoms with Crippen LogP contribution in [0, 0.1) is 17.3 Å². The van der Waals surface area contributed by atoms with E-state index in [0.29, 0.717) is 50.2 Å². The maximum absolute atomic E-state index is 12.0. The zero-order chi connectivity index (χ0) is 15.7. The largest absolute Gasteiger partial charge is 0.382 e. The van der Waals surface area contributed by atoms with Crippen molar-refractivity contribution in [2.24, 2.45) is 17.3 Å². The molecule has 1 fully saturated rings. The number of carbonyl (C=O) groups is 1. The van der Waals surface area contributed by atoms with Gasteiger partial charge in [0, 0.05) is 26.1 Å². The Morgan fingerprint density at radius 3 is 2.29 bits per heavy atom. The molecule has 1 aliphatic carbocycles. The molecule has 0 saturated heterocycles. The third kappa shape index (κ3) is 7.39. The molecule has 0 bridgehead atoms.